The van der Waals surface area contributed by atoms with Crippen molar-refractivity contribution >= 4 is 23.4 Å². The maximum Gasteiger partial charge on any atom is 0.338 e. The fourth-order valence-electron chi connectivity index (χ4n) is 5.36. The van der Waals surface area contributed by atoms with E-state index in [1.54, 1.807) is 24.5 Å². The van der Waals surface area contributed by atoms with Crippen molar-refractivity contribution in [2.75, 3.05) is 13.4 Å². The van der Waals surface area contributed by atoms with E-state index in [0.717, 1.165) is 22.6 Å². The molecule has 0 amide bonds. The van der Waals surface area contributed by atoms with Gasteiger partial charge in [0.15, 0.2) is 16.3 Å². The zero-order valence-corrected chi connectivity index (χ0v) is 23.8. The number of nitrogens with zero attached hydrogens (tertiary/aromatic N) is 3. The van der Waals surface area contributed by atoms with Crippen LogP contribution in [0.25, 0.3) is 11.8 Å². The molecule has 2 aromatic heterocycles. The van der Waals surface area contributed by atoms with Gasteiger partial charge in [-0.05, 0) is 82.2 Å². The van der Waals surface area contributed by atoms with Crippen LogP contribution in [0.4, 0.5) is 0 Å². The predicted octanol–water partition coefficient (Wildman–Crippen LogP) is 4.24. The number of fused-ring (bicyclic) bond motifs is 2. The summed E-state index contributed by atoms with van der Waals surface area (Å²) in [5.74, 6) is 0.696. The maximum atomic E-state index is 14.0. The molecule has 1 atom stereocenters. The van der Waals surface area contributed by atoms with Crippen LogP contribution in [-0.2, 0) is 9.53 Å². The molecule has 2 aromatic carbocycles. The van der Waals surface area contributed by atoms with Gasteiger partial charge in [0.2, 0.25) is 6.79 Å². The van der Waals surface area contributed by atoms with Gasteiger partial charge in [-0.3, -0.25) is 9.36 Å². The van der Waals surface area contributed by atoms with E-state index < -0.39 is 12.0 Å². The van der Waals surface area contributed by atoms with E-state index in [-0.39, 0.29) is 19.0 Å². The topological polar surface area (TPSA) is 84.1 Å². The van der Waals surface area contributed by atoms with Gasteiger partial charge in [-0.15, -0.1) is 0 Å². The number of thiazole rings is 1. The number of aromatic nitrogens is 2. The lowest BCUT2D eigenvalue weighted by Crippen LogP contribution is -2.39. The Labute approximate surface area is 235 Å². The van der Waals surface area contributed by atoms with Crippen LogP contribution >= 0.6 is 11.3 Å². The van der Waals surface area contributed by atoms with E-state index >= 15 is 0 Å². The number of ether oxygens (including phenoxy) is 3. The molecule has 40 heavy (non-hydrogen) atoms. The number of aryl methyl sites for hydroxylation is 2. The third kappa shape index (κ3) is 4.26. The average molecular weight is 556 g/mol. The highest BCUT2D eigenvalue weighted by Gasteiger charge is 2.34. The molecule has 0 N–H and O–H groups in total. The Morgan fingerprint density at radius 1 is 1.07 bits per heavy atom. The quantitative estimate of drug-likeness (QED) is 0.344. The van der Waals surface area contributed by atoms with E-state index in [9.17, 15) is 9.59 Å². The summed E-state index contributed by atoms with van der Waals surface area (Å²) in [6, 6.07) is 15.2. The Hall–Kier alpha value is -4.37. The largest absolute Gasteiger partial charge is 0.463 e. The average Bonchev–Trinajstić information content (AvgIpc) is 3.59. The highest BCUT2D eigenvalue weighted by atomic mass is 32.1. The third-order valence-electron chi connectivity index (χ3n) is 7.28. The molecule has 6 rings (SSSR count). The normalized spacial score (nSPS) is 16.2. The summed E-state index contributed by atoms with van der Waals surface area (Å²) in [5, 5.41) is 0. The highest BCUT2D eigenvalue weighted by Crippen LogP contribution is 2.38. The van der Waals surface area contributed by atoms with Crippen LogP contribution in [0.5, 0.6) is 11.5 Å². The summed E-state index contributed by atoms with van der Waals surface area (Å²) < 4.78 is 20.8. The molecule has 2 aliphatic heterocycles. The van der Waals surface area contributed by atoms with Crippen LogP contribution in [0.2, 0.25) is 0 Å². The standard InChI is InChI=1S/C31H29N3O5S/c1-6-37-30(36)27-19(4)32-31-34(28(27)21-9-12-24-25(14-21)39-16-38-24)29(35)26(40-31)15-22-13-18(3)33(20(22)5)23-10-7-17(2)8-11-23/h7-15,28H,6,16H2,1-5H3. The lowest BCUT2D eigenvalue weighted by atomic mass is 9.95. The summed E-state index contributed by atoms with van der Waals surface area (Å²) >= 11 is 1.31. The minimum atomic E-state index is -0.716. The first kappa shape index (κ1) is 25.9. The van der Waals surface area contributed by atoms with Crippen molar-refractivity contribution < 1.29 is 19.0 Å². The minimum Gasteiger partial charge on any atom is -0.463 e. The van der Waals surface area contributed by atoms with Crippen LogP contribution in [0, 0.1) is 20.8 Å². The summed E-state index contributed by atoms with van der Waals surface area (Å²) in [6.45, 7) is 10.0. The van der Waals surface area contributed by atoms with E-state index in [1.165, 1.54) is 16.9 Å². The molecule has 4 aromatic rings. The molecule has 0 bridgehead atoms. The Balaban J connectivity index is 1.52. The molecule has 2 aliphatic rings. The van der Waals surface area contributed by atoms with Crippen LogP contribution < -0.4 is 24.4 Å². The molecule has 9 heteroatoms. The molecule has 0 radical (unpaired) electrons. The lowest BCUT2D eigenvalue weighted by Gasteiger charge is -2.24. The number of benzene rings is 2. The van der Waals surface area contributed by atoms with Crippen molar-refractivity contribution in [3.63, 3.8) is 0 Å². The van der Waals surface area contributed by atoms with Crippen molar-refractivity contribution in [2.24, 2.45) is 4.99 Å². The smallest absolute Gasteiger partial charge is 0.338 e. The van der Waals surface area contributed by atoms with Gasteiger partial charge in [-0.25, -0.2) is 9.79 Å². The zero-order valence-electron chi connectivity index (χ0n) is 23.0. The summed E-state index contributed by atoms with van der Waals surface area (Å²) in [6.07, 6.45) is 1.91. The van der Waals surface area contributed by atoms with Gasteiger partial charge < -0.3 is 18.8 Å². The van der Waals surface area contributed by atoms with Crippen molar-refractivity contribution in [3.8, 4) is 17.2 Å². The number of hydrogen-bond donors (Lipinski definition) is 0. The lowest BCUT2D eigenvalue weighted by molar-refractivity contribution is -0.139. The fourth-order valence-corrected chi connectivity index (χ4v) is 6.39. The second kappa shape index (κ2) is 9.98. The minimum absolute atomic E-state index is 0.127. The Bertz CT molecular complexity index is 1880. The number of carbonyl (C=O) groups excluding carboxylic acids is 1. The number of hydrogen-bond acceptors (Lipinski definition) is 7. The number of allylic oxidation sites excluding steroid dienone is 1. The molecule has 204 valence electrons. The predicted molar refractivity (Wildman–Crippen MR) is 153 cm³/mol. The van der Waals surface area contributed by atoms with Gasteiger partial charge in [0.1, 0.15) is 0 Å². The monoisotopic (exact) mass is 555 g/mol. The summed E-state index contributed by atoms with van der Waals surface area (Å²) in [5.41, 5.74) is 6.66. The first-order valence-corrected chi connectivity index (χ1v) is 13.9. The van der Waals surface area contributed by atoms with Crippen LogP contribution in [0.15, 0.2) is 69.6 Å². The van der Waals surface area contributed by atoms with E-state index in [4.69, 9.17) is 14.2 Å². The Kier molecular flexibility index (Phi) is 6.46. The first-order valence-electron chi connectivity index (χ1n) is 13.1. The summed E-state index contributed by atoms with van der Waals surface area (Å²) in [4.78, 5) is 32.4. The maximum absolute atomic E-state index is 14.0. The molecular formula is C31H29N3O5S. The molecular weight excluding hydrogens is 526 g/mol. The number of esters is 1. The second-order valence-corrected chi connectivity index (χ2v) is 10.9. The van der Waals surface area contributed by atoms with Gasteiger partial charge >= 0.3 is 5.97 Å². The van der Waals surface area contributed by atoms with Gasteiger partial charge in [0.25, 0.3) is 5.56 Å². The van der Waals surface area contributed by atoms with Gasteiger partial charge in [0.05, 0.1) is 28.5 Å². The molecule has 4 heterocycles. The molecule has 0 saturated carbocycles. The molecule has 1 unspecified atom stereocenters. The van der Waals surface area contributed by atoms with Crippen molar-refractivity contribution in [1.29, 1.82) is 0 Å². The molecule has 0 aliphatic carbocycles. The van der Waals surface area contributed by atoms with Crippen molar-refractivity contribution in [1.82, 2.24) is 9.13 Å². The SMILES string of the molecule is CCOC(=O)C1=C(C)N=c2sc(=Cc3cc(C)n(-c4ccc(C)cc4)c3C)c(=O)n2C1c1ccc2c(c1)OCO2. The van der Waals surface area contributed by atoms with Gasteiger partial charge in [0, 0.05) is 17.1 Å². The number of carbonyl (C=O) groups is 1. The molecule has 0 saturated heterocycles. The van der Waals surface area contributed by atoms with E-state index in [0.29, 0.717) is 37.7 Å². The van der Waals surface area contributed by atoms with Gasteiger partial charge in [-0.2, -0.15) is 0 Å². The summed E-state index contributed by atoms with van der Waals surface area (Å²) in [7, 11) is 0. The van der Waals surface area contributed by atoms with Crippen molar-refractivity contribution in [2.45, 2.75) is 40.7 Å². The number of rotatable bonds is 5. The molecule has 8 nitrogen and oxygen atoms in total. The first-order chi connectivity index (χ1) is 19.3. The van der Waals surface area contributed by atoms with Crippen LogP contribution in [0.1, 0.15) is 48.0 Å². The van der Waals surface area contributed by atoms with E-state index in [1.807, 2.05) is 25.1 Å². The van der Waals surface area contributed by atoms with Crippen LogP contribution in [0.3, 0.4) is 0 Å². The fraction of sp³-hybridized carbons (Fsp3) is 0.258. The molecule has 0 fully saturated rings. The van der Waals surface area contributed by atoms with Gasteiger partial charge in [-0.1, -0.05) is 35.1 Å². The zero-order chi connectivity index (χ0) is 28.1. The third-order valence-corrected chi connectivity index (χ3v) is 8.26. The van der Waals surface area contributed by atoms with E-state index in [2.05, 4.69) is 53.7 Å². The Morgan fingerprint density at radius 3 is 2.58 bits per heavy atom. The van der Waals surface area contributed by atoms with Crippen molar-refractivity contribution in [3.05, 3.63) is 108 Å². The second-order valence-electron chi connectivity index (χ2n) is 9.91. The Morgan fingerprint density at radius 2 is 1.82 bits per heavy atom. The van der Waals surface area contributed by atoms with Crippen LogP contribution in [-0.4, -0.2) is 28.5 Å². The highest BCUT2D eigenvalue weighted by molar-refractivity contribution is 7.07. The molecule has 0 spiro atoms.